The van der Waals surface area contributed by atoms with Crippen molar-refractivity contribution in [2.75, 3.05) is 33.0 Å². The molecule has 0 aromatic heterocycles. The third kappa shape index (κ3) is 38.0. The van der Waals surface area contributed by atoms with Gasteiger partial charge in [0, 0.05) is 19.6 Å². The van der Waals surface area contributed by atoms with Gasteiger partial charge in [-0.25, -0.2) is 4.57 Å². The van der Waals surface area contributed by atoms with Gasteiger partial charge in [0.2, 0.25) is 0 Å². The molecular weight excluding hydrogens is 649 g/mol. The molecule has 0 saturated carbocycles. The Labute approximate surface area is 308 Å². The number of rotatable bonds is 39. The average molecular weight is 728 g/mol. The molecule has 50 heavy (non-hydrogen) atoms. The molecule has 0 aliphatic heterocycles. The molecule has 0 spiro atoms. The highest BCUT2D eigenvalue weighted by molar-refractivity contribution is 7.47. The molecule has 0 bridgehead atoms. The van der Waals surface area contributed by atoms with E-state index < -0.39 is 13.9 Å². The smallest absolute Gasteiger partial charge is 0.457 e. The summed E-state index contributed by atoms with van der Waals surface area (Å²) in [6, 6.07) is 0. The van der Waals surface area contributed by atoms with E-state index in [1.165, 1.54) is 103 Å². The fourth-order valence-electron chi connectivity index (χ4n) is 5.60. The molecule has 0 aromatic carbocycles. The maximum absolute atomic E-state index is 12.6. The van der Waals surface area contributed by atoms with Gasteiger partial charge in [-0.1, -0.05) is 166 Å². The lowest BCUT2D eigenvalue weighted by atomic mass is 10.0. The van der Waals surface area contributed by atoms with Crippen LogP contribution in [0.4, 0.5) is 0 Å². The van der Waals surface area contributed by atoms with Gasteiger partial charge in [0.15, 0.2) is 0 Å². The molecule has 0 heterocycles. The highest BCUT2D eigenvalue weighted by Gasteiger charge is 2.25. The molecule has 0 fully saturated rings. The van der Waals surface area contributed by atoms with Gasteiger partial charge < -0.3 is 20.1 Å². The average Bonchev–Trinajstić information content (AvgIpc) is 3.10. The van der Waals surface area contributed by atoms with Crippen LogP contribution in [0.3, 0.4) is 0 Å². The van der Waals surface area contributed by atoms with Crippen LogP contribution >= 0.6 is 7.82 Å². The molecule has 0 rings (SSSR count). The fraction of sp³-hybridized carbons (Fsp3) is 0.829. The molecule has 0 saturated heterocycles. The maximum Gasteiger partial charge on any atom is 0.472 e. The van der Waals surface area contributed by atoms with Gasteiger partial charge in [0.1, 0.15) is 6.10 Å². The van der Waals surface area contributed by atoms with Gasteiger partial charge in [-0.2, -0.15) is 0 Å². The zero-order chi connectivity index (χ0) is 36.6. The molecule has 294 valence electrons. The first kappa shape index (κ1) is 48.7. The summed E-state index contributed by atoms with van der Waals surface area (Å²) < 4.78 is 33.4. The summed E-state index contributed by atoms with van der Waals surface area (Å²) in [4.78, 5) is 22.4. The fourth-order valence-corrected chi connectivity index (χ4v) is 6.36. The van der Waals surface area contributed by atoms with E-state index in [1.807, 2.05) is 0 Å². The highest BCUT2D eigenvalue weighted by Crippen LogP contribution is 2.43. The van der Waals surface area contributed by atoms with Gasteiger partial charge >= 0.3 is 13.8 Å². The summed E-state index contributed by atoms with van der Waals surface area (Å²) in [5.41, 5.74) is 5.36. The number of hydrogen-bond acceptors (Lipinski definition) is 7. The molecule has 0 aliphatic carbocycles. The van der Waals surface area contributed by atoms with Crippen molar-refractivity contribution in [1.29, 1.82) is 0 Å². The van der Waals surface area contributed by atoms with Crippen molar-refractivity contribution < 1.29 is 32.8 Å². The largest absolute Gasteiger partial charge is 0.472 e. The maximum atomic E-state index is 12.6. The first-order valence-electron chi connectivity index (χ1n) is 20.5. The summed E-state index contributed by atoms with van der Waals surface area (Å²) in [7, 11) is -4.27. The Morgan fingerprint density at radius 2 is 1.12 bits per heavy atom. The van der Waals surface area contributed by atoms with Crippen LogP contribution in [0.25, 0.3) is 0 Å². The Balaban J connectivity index is 4.06. The van der Waals surface area contributed by atoms with E-state index in [2.05, 4.69) is 50.3 Å². The van der Waals surface area contributed by atoms with Crippen LogP contribution < -0.4 is 5.73 Å². The van der Waals surface area contributed by atoms with Gasteiger partial charge in [-0.15, -0.1) is 0 Å². The lowest BCUT2D eigenvalue weighted by Crippen LogP contribution is -2.28. The minimum Gasteiger partial charge on any atom is -0.457 e. The summed E-state index contributed by atoms with van der Waals surface area (Å²) in [6.07, 6.45) is 42.9. The quantitative estimate of drug-likeness (QED) is 0.0278. The minimum atomic E-state index is -4.27. The number of esters is 1. The third-order valence-corrected chi connectivity index (χ3v) is 9.56. The van der Waals surface area contributed by atoms with Crippen LogP contribution in [0, 0.1) is 0 Å². The zero-order valence-corrected chi connectivity index (χ0v) is 33.3. The summed E-state index contributed by atoms with van der Waals surface area (Å²) in [5.74, 6) is -0.339. The second kappa shape index (κ2) is 38.9. The number of nitrogens with two attached hydrogens (primary N) is 1. The molecular formula is C41H78NO7P. The van der Waals surface area contributed by atoms with Crippen LogP contribution in [-0.2, 0) is 27.9 Å². The van der Waals surface area contributed by atoms with E-state index in [4.69, 9.17) is 24.3 Å². The van der Waals surface area contributed by atoms with Gasteiger partial charge in [0.25, 0.3) is 0 Å². The van der Waals surface area contributed by atoms with E-state index in [0.717, 1.165) is 57.8 Å². The third-order valence-electron chi connectivity index (χ3n) is 8.57. The monoisotopic (exact) mass is 728 g/mol. The number of ether oxygens (including phenoxy) is 2. The van der Waals surface area contributed by atoms with Crippen LogP contribution in [-0.4, -0.2) is 49.9 Å². The number of phosphoric ester groups is 1. The van der Waals surface area contributed by atoms with Crippen LogP contribution in [0.15, 0.2) is 36.5 Å². The first-order chi connectivity index (χ1) is 24.4. The van der Waals surface area contributed by atoms with E-state index in [9.17, 15) is 14.3 Å². The molecule has 0 radical (unpaired) electrons. The van der Waals surface area contributed by atoms with Crippen molar-refractivity contribution in [2.45, 2.75) is 187 Å². The van der Waals surface area contributed by atoms with Crippen LogP contribution in [0.1, 0.15) is 181 Å². The topological polar surface area (TPSA) is 117 Å². The van der Waals surface area contributed by atoms with Crippen LogP contribution in [0.5, 0.6) is 0 Å². The molecule has 0 aromatic rings. The van der Waals surface area contributed by atoms with Crippen molar-refractivity contribution >= 4 is 13.8 Å². The molecule has 2 unspecified atom stereocenters. The van der Waals surface area contributed by atoms with Gasteiger partial charge in [-0.3, -0.25) is 13.8 Å². The number of hydrogen-bond donors (Lipinski definition) is 2. The second-order valence-corrected chi connectivity index (χ2v) is 14.9. The Morgan fingerprint density at radius 3 is 1.68 bits per heavy atom. The molecule has 0 amide bonds. The molecule has 2 atom stereocenters. The predicted octanol–water partition coefficient (Wildman–Crippen LogP) is 11.9. The Hall–Kier alpha value is -1.28. The van der Waals surface area contributed by atoms with Crippen molar-refractivity contribution in [3.8, 4) is 0 Å². The SMILES string of the molecule is CC/C=C\C/C=C\C/C=C\CCCCCCCCCC(=O)OC(COCCCCCCCCCCCCCCCC)COP(=O)(O)OCCN. The lowest BCUT2D eigenvalue weighted by Gasteiger charge is -2.20. The van der Waals surface area contributed by atoms with Gasteiger partial charge in [0.05, 0.1) is 19.8 Å². The Morgan fingerprint density at radius 1 is 0.620 bits per heavy atom. The van der Waals surface area contributed by atoms with E-state index in [-0.39, 0.29) is 32.3 Å². The number of carbonyl (C=O) groups is 1. The number of allylic oxidation sites excluding steroid dienone is 6. The number of phosphoric acid groups is 1. The van der Waals surface area contributed by atoms with E-state index >= 15 is 0 Å². The number of carbonyl (C=O) groups excluding carboxylic acids is 1. The normalized spacial score (nSPS) is 13.9. The van der Waals surface area contributed by atoms with Crippen molar-refractivity contribution in [3.63, 3.8) is 0 Å². The lowest BCUT2D eigenvalue weighted by molar-refractivity contribution is -0.154. The molecule has 3 N–H and O–H groups in total. The van der Waals surface area contributed by atoms with Crippen molar-refractivity contribution in [2.24, 2.45) is 5.73 Å². The highest BCUT2D eigenvalue weighted by atomic mass is 31.2. The van der Waals surface area contributed by atoms with E-state index in [1.54, 1.807) is 0 Å². The standard InChI is InChI=1S/C41H78NO7P/c1-3-5-7-9-11-13-15-17-19-20-21-22-24-26-28-30-32-34-41(43)49-40(39-48-50(44,45)47-37-35-42)38-46-36-33-31-29-27-25-23-18-16-14-12-10-8-6-4-2/h5,7,11,13,17,19,40H,3-4,6,8-10,12,14-16,18,20-39,42H2,1-2H3,(H,44,45)/b7-5-,13-11-,19-17-. The second-order valence-electron chi connectivity index (χ2n) is 13.5. The van der Waals surface area contributed by atoms with Crippen LogP contribution in [0.2, 0.25) is 0 Å². The first-order valence-corrected chi connectivity index (χ1v) is 22.0. The summed E-state index contributed by atoms with van der Waals surface area (Å²) >= 11 is 0. The summed E-state index contributed by atoms with van der Waals surface area (Å²) in [6.45, 7) is 4.81. The predicted molar refractivity (Wildman–Crippen MR) is 210 cm³/mol. The van der Waals surface area contributed by atoms with Crippen molar-refractivity contribution in [3.05, 3.63) is 36.5 Å². The molecule has 8 nitrogen and oxygen atoms in total. The zero-order valence-electron chi connectivity index (χ0n) is 32.4. The minimum absolute atomic E-state index is 0.0969. The van der Waals surface area contributed by atoms with Gasteiger partial charge in [-0.05, 0) is 44.9 Å². The van der Waals surface area contributed by atoms with E-state index in [0.29, 0.717) is 13.0 Å². The van der Waals surface area contributed by atoms with Crippen molar-refractivity contribution in [1.82, 2.24) is 0 Å². The molecule has 9 heteroatoms. The summed E-state index contributed by atoms with van der Waals surface area (Å²) in [5, 5.41) is 0. The number of unbranched alkanes of at least 4 members (excludes halogenated alkanes) is 20. The molecule has 0 aliphatic rings. The Bertz CT molecular complexity index is 864. The Kier molecular flexibility index (Phi) is 37.9.